The van der Waals surface area contributed by atoms with Gasteiger partial charge in [0.1, 0.15) is 10.0 Å². The Labute approximate surface area is 117 Å². The average Bonchev–Trinajstić information content (AvgIpc) is 2.27. The van der Waals surface area contributed by atoms with E-state index in [1.165, 1.54) is 25.4 Å². The monoisotopic (exact) mass is 305 g/mol. The summed E-state index contributed by atoms with van der Waals surface area (Å²) in [5.41, 5.74) is 0. The largest absolute Gasteiger partial charge is 0.353 e. The van der Waals surface area contributed by atoms with Crippen LogP contribution >= 0.6 is 11.6 Å². The highest BCUT2D eigenvalue weighted by atomic mass is 35.5. The fourth-order valence-electron chi connectivity index (χ4n) is 1.39. The molecule has 8 heteroatoms. The van der Waals surface area contributed by atoms with Crippen molar-refractivity contribution in [3.63, 3.8) is 0 Å². The molecule has 19 heavy (non-hydrogen) atoms. The number of nitrogens with zero attached hydrogens (tertiary/aromatic N) is 2. The molecular formula is C11H16ClN3O3S. The van der Waals surface area contributed by atoms with Crippen LogP contribution in [0.15, 0.2) is 23.2 Å². The molecule has 1 aromatic heterocycles. The van der Waals surface area contributed by atoms with E-state index in [0.29, 0.717) is 0 Å². The van der Waals surface area contributed by atoms with Crippen LogP contribution < -0.4 is 5.32 Å². The summed E-state index contributed by atoms with van der Waals surface area (Å²) in [6, 6.07) is 2.77. The maximum Gasteiger partial charge on any atom is 0.246 e. The molecular weight excluding hydrogens is 290 g/mol. The number of halogens is 1. The number of hydrogen-bond donors (Lipinski definition) is 1. The van der Waals surface area contributed by atoms with Gasteiger partial charge in [0.2, 0.25) is 15.9 Å². The van der Waals surface area contributed by atoms with E-state index in [1.54, 1.807) is 13.8 Å². The molecule has 1 N–H and O–H groups in total. The molecule has 6 nitrogen and oxygen atoms in total. The van der Waals surface area contributed by atoms with Crippen LogP contribution in [0.1, 0.15) is 13.8 Å². The Morgan fingerprint density at radius 3 is 2.68 bits per heavy atom. The maximum absolute atomic E-state index is 12.2. The van der Waals surface area contributed by atoms with E-state index in [4.69, 9.17) is 11.6 Å². The van der Waals surface area contributed by atoms with Gasteiger partial charge in [-0.3, -0.25) is 4.79 Å². The number of likely N-dealkylation sites (N-methyl/N-ethyl adjacent to an activating group) is 1. The molecule has 106 valence electrons. The zero-order chi connectivity index (χ0) is 14.6. The lowest BCUT2D eigenvalue weighted by molar-refractivity contribution is -0.121. The van der Waals surface area contributed by atoms with Gasteiger partial charge < -0.3 is 5.32 Å². The van der Waals surface area contributed by atoms with Crippen molar-refractivity contribution in [2.24, 2.45) is 0 Å². The first kappa shape index (κ1) is 15.9. The van der Waals surface area contributed by atoms with Gasteiger partial charge in [0.15, 0.2) is 0 Å². The summed E-state index contributed by atoms with van der Waals surface area (Å²) in [5, 5.41) is 2.51. The quantitative estimate of drug-likeness (QED) is 0.819. The summed E-state index contributed by atoms with van der Waals surface area (Å²) < 4.78 is 25.3. The normalized spacial score (nSPS) is 11.9. The second-order valence-corrected chi connectivity index (χ2v) is 6.65. The van der Waals surface area contributed by atoms with Crippen LogP contribution in [0.4, 0.5) is 0 Å². The van der Waals surface area contributed by atoms with Crippen molar-refractivity contribution in [3.05, 3.63) is 23.5 Å². The van der Waals surface area contributed by atoms with E-state index in [-0.39, 0.29) is 28.5 Å². The molecule has 0 unspecified atom stereocenters. The molecule has 0 spiro atoms. The molecule has 0 aromatic carbocycles. The third-order valence-corrected chi connectivity index (χ3v) is 4.48. The predicted molar refractivity (Wildman–Crippen MR) is 72.3 cm³/mol. The van der Waals surface area contributed by atoms with Gasteiger partial charge in [0.05, 0.1) is 6.54 Å². The number of aromatic nitrogens is 1. The summed E-state index contributed by atoms with van der Waals surface area (Å²) in [6.45, 7) is 3.32. The third kappa shape index (κ3) is 4.15. The second kappa shape index (κ2) is 6.31. The van der Waals surface area contributed by atoms with Crippen molar-refractivity contribution in [2.75, 3.05) is 13.6 Å². The number of rotatable bonds is 5. The van der Waals surface area contributed by atoms with E-state index in [2.05, 4.69) is 10.3 Å². The van der Waals surface area contributed by atoms with E-state index in [1.807, 2.05) is 0 Å². The van der Waals surface area contributed by atoms with Crippen LogP contribution in [0, 0.1) is 0 Å². The van der Waals surface area contributed by atoms with E-state index in [9.17, 15) is 13.2 Å². The Bertz CT molecular complexity index is 560. The zero-order valence-electron chi connectivity index (χ0n) is 10.9. The maximum atomic E-state index is 12.2. The molecule has 0 radical (unpaired) electrons. The lowest BCUT2D eigenvalue weighted by atomic mass is 10.4. The minimum Gasteiger partial charge on any atom is -0.353 e. The smallest absolute Gasteiger partial charge is 0.246 e. The van der Waals surface area contributed by atoms with Gasteiger partial charge in [0.25, 0.3) is 0 Å². The van der Waals surface area contributed by atoms with Crippen molar-refractivity contribution < 1.29 is 13.2 Å². The predicted octanol–water partition coefficient (Wildman–Crippen LogP) is 0.880. The highest BCUT2D eigenvalue weighted by Crippen LogP contribution is 2.20. The van der Waals surface area contributed by atoms with Gasteiger partial charge in [-0.2, -0.15) is 4.31 Å². The number of carbonyl (C=O) groups excluding carboxylic acids is 1. The Balaban J connectivity index is 2.90. The van der Waals surface area contributed by atoms with Crippen LogP contribution in [0.3, 0.4) is 0 Å². The lowest BCUT2D eigenvalue weighted by Gasteiger charge is -2.18. The van der Waals surface area contributed by atoms with Crippen molar-refractivity contribution >= 4 is 27.5 Å². The summed E-state index contributed by atoms with van der Waals surface area (Å²) in [6.07, 6.45) is 1.40. The molecule has 0 aliphatic carbocycles. The molecule has 0 aliphatic rings. The Hall–Kier alpha value is -1.18. The van der Waals surface area contributed by atoms with Gasteiger partial charge in [-0.15, -0.1) is 0 Å². The first-order chi connectivity index (χ1) is 8.75. The standard InChI is InChI=1S/C11H16ClN3O3S/c1-8(2)14-10(16)7-15(3)19(17,18)9-5-4-6-13-11(9)12/h4-6,8H,7H2,1-3H3,(H,14,16). The molecule has 0 atom stereocenters. The van der Waals surface area contributed by atoms with Gasteiger partial charge in [-0.1, -0.05) is 11.6 Å². The van der Waals surface area contributed by atoms with Gasteiger partial charge in [0, 0.05) is 19.3 Å². The average molecular weight is 306 g/mol. The number of hydrogen-bond acceptors (Lipinski definition) is 4. The number of nitrogens with one attached hydrogen (secondary N) is 1. The number of carbonyl (C=O) groups is 1. The van der Waals surface area contributed by atoms with E-state index < -0.39 is 10.0 Å². The highest BCUT2D eigenvalue weighted by molar-refractivity contribution is 7.89. The van der Waals surface area contributed by atoms with Crippen molar-refractivity contribution in [3.8, 4) is 0 Å². The summed E-state index contributed by atoms with van der Waals surface area (Å²) in [5.74, 6) is -0.374. The first-order valence-corrected chi connectivity index (χ1v) is 7.43. The Morgan fingerprint density at radius 2 is 2.16 bits per heavy atom. The third-order valence-electron chi connectivity index (χ3n) is 2.23. The lowest BCUT2D eigenvalue weighted by Crippen LogP contribution is -2.40. The van der Waals surface area contributed by atoms with Crippen LogP contribution in [-0.2, 0) is 14.8 Å². The summed E-state index contributed by atoms with van der Waals surface area (Å²) in [4.78, 5) is 15.2. The Kier molecular flexibility index (Phi) is 5.28. The minimum atomic E-state index is -3.82. The number of sulfonamides is 1. The van der Waals surface area contributed by atoms with Gasteiger partial charge in [-0.05, 0) is 26.0 Å². The van der Waals surface area contributed by atoms with Gasteiger partial charge >= 0.3 is 0 Å². The first-order valence-electron chi connectivity index (χ1n) is 5.61. The molecule has 1 heterocycles. The topological polar surface area (TPSA) is 79.4 Å². The van der Waals surface area contributed by atoms with Crippen LogP contribution in [0.5, 0.6) is 0 Å². The number of pyridine rings is 1. The van der Waals surface area contributed by atoms with Crippen LogP contribution in [0.2, 0.25) is 5.15 Å². The van der Waals surface area contributed by atoms with E-state index in [0.717, 1.165) is 4.31 Å². The van der Waals surface area contributed by atoms with Crippen molar-refractivity contribution in [2.45, 2.75) is 24.8 Å². The van der Waals surface area contributed by atoms with E-state index >= 15 is 0 Å². The minimum absolute atomic E-state index is 0.0504. The molecule has 1 aromatic rings. The SMILES string of the molecule is CC(C)NC(=O)CN(C)S(=O)(=O)c1cccnc1Cl. The van der Waals surface area contributed by atoms with Gasteiger partial charge in [-0.25, -0.2) is 13.4 Å². The van der Waals surface area contributed by atoms with Crippen LogP contribution in [0.25, 0.3) is 0 Å². The second-order valence-electron chi connectivity index (χ2n) is 4.28. The zero-order valence-corrected chi connectivity index (χ0v) is 12.5. The molecule has 1 rings (SSSR count). The molecule has 1 amide bonds. The molecule has 0 bridgehead atoms. The molecule has 0 saturated carbocycles. The van der Waals surface area contributed by atoms with Crippen molar-refractivity contribution in [1.82, 2.24) is 14.6 Å². The number of amides is 1. The summed E-state index contributed by atoms with van der Waals surface area (Å²) >= 11 is 5.76. The molecule has 0 fully saturated rings. The highest BCUT2D eigenvalue weighted by Gasteiger charge is 2.25. The van der Waals surface area contributed by atoms with Crippen molar-refractivity contribution in [1.29, 1.82) is 0 Å². The van der Waals surface area contributed by atoms with Crippen LogP contribution in [-0.4, -0.2) is 43.2 Å². The Morgan fingerprint density at radius 1 is 1.53 bits per heavy atom. The molecule has 0 saturated heterocycles. The summed E-state index contributed by atoms with van der Waals surface area (Å²) in [7, 11) is -2.50. The molecule has 0 aliphatic heterocycles. The fraction of sp³-hybridized carbons (Fsp3) is 0.455. The fourth-order valence-corrected chi connectivity index (χ4v) is 2.94.